The molecule has 1 rings (SSSR count). The van der Waals surface area contributed by atoms with Crippen LogP contribution in [0, 0.1) is 22.5 Å². The molecule has 0 amide bonds. The lowest BCUT2D eigenvalue weighted by Crippen LogP contribution is -2.23. The highest BCUT2D eigenvalue weighted by Gasteiger charge is 2.17. The Morgan fingerprint density at radius 2 is 2.11 bits per heavy atom. The van der Waals surface area contributed by atoms with E-state index in [2.05, 4.69) is 19.2 Å². The Labute approximate surface area is 113 Å². The highest BCUT2D eigenvalue weighted by Crippen LogP contribution is 2.25. The number of rotatable bonds is 7. The van der Waals surface area contributed by atoms with E-state index in [-0.39, 0.29) is 22.6 Å². The summed E-state index contributed by atoms with van der Waals surface area (Å²) >= 11 is 0. The summed E-state index contributed by atoms with van der Waals surface area (Å²) in [6, 6.07) is 5.05. The summed E-state index contributed by atoms with van der Waals surface area (Å²) in [5.41, 5.74) is 1.77. The van der Waals surface area contributed by atoms with Crippen LogP contribution >= 0.6 is 0 Å². The lowest BCUT2D eigenvalue weighted by Gasteiger charge is -2.25. The van der Waals surface area contributed by atoms with Gasteiger partial charge in [-0.05, 0) is 37.3 Å². The smallest absolute Gasteiger partial charge is 0.272 e. The van der Waals surface area contributed by atoms with Crippen LogP contribution in [0.5, 0.6) is 0 Å². The van der Waals surface area contributed by atoms with Crippen LogP contribution in [0.25, 0.3) is 0 Å². The second-order valence-electron chi connectivity index (χ2n) is 5.60. The summed E-state index contributed by atoms with van der Waals surface area (Å²) in [6.45, 7) is 6.98. The molecule has 0 aliphatic heterocycles. The fourth-order valence-corrected chi connectivity index (χ4v) is 1.96. The predicted octanol–water partition coefficient (Wildman–Crippen LogP) is 3.11. The predicted molar refractivity (Wildman–Crippen MR) is 76.4 cm³/mol. The van der Waals surface area contributed by atoms with Crippen molar-refractivity contribution >= 4 is 11.4 Å². The van der Waals surface area contributed by atoms with Crippen molar-refractivity contribution in [1.82, 2.24) is 0 Å². The molecule has 0 unspecified atom stereocenters. The number of nitrogens with one attached hydrogen (secondary N) is 1. The maximum Gasteiger partial charge on any atom is 0.272 e. The second-order valence-corrected chi connectivity index (χ2v) is 5.60. The molecule has 5 nitrogen and oxygen atoms in total. The molecule has 2 N–H and O–H groups in total. The third-order valence-electron chi connectivity index (χ3n) is 3.18. The number of aliphatic hydroxyl groups excluding tert-OH is 1. The average molecular weight is 266 g/mol. The summed E-state index contributed by atoms with van der Waals surface area (Å²) in [5.74, 6) is 0. The number of nitro groups is 1. The third-order valence-corrected chi connectivity index (χ3v) is 3.18. The van der Waals surface area contributed by atoms with E-state index in [9.17, 15) is 10.1 Å². The Hall–Kier alpha value is -1.62. The number of nitro benzene ring substituents is 1. The maximum absolute atomic E-state index is 10.7. The molecule has 0 saturated carbocycles. The fourth-order valence-electron chi connectivity index (χ4n) is 1.96. The minimum Gasteiger partial charge on any atom is -0.396 e. The first-order valence-electron chi connectivity index (χ1n) is 6.45. The van der Waals surface area contributed by atoms with E-state index in [0.29, 0.717) is 5.56 Å². The molecule has 0 atom stereocenters. The Morgan fingerprint density at radius 3 is 2.63 bits per heavy atom. The van der Waals surface area contributed by atoms with Crippen LogP contribution in [0.2, 0.25) is 0 Å². The molecular formula is C14H22N2O3. The summed E-state index contributed by atoms with van der Waals surface area (Å²) in [4.78, 5) is 10.4. The number of anilines is 1. The zero-order valence-electron chi connectivity index (χ0n) is 11.8. The molecule has 1 aromatic carbocycles. The van der Waals surface area contributed by atoms with Gasteiger partial charge in [-0.2, -0.15) is 0 Å². The van der Waals surface area contributed by atoms with E-state index in [4.69, 9.17) is 5.11 Å². The molecule has 0 saturated heterocycles. The van der Waals surface area contributed by atoms with Gasteiger partial charge in [-0.3, -0.25) is 10.1 Å². The van der Waals surface area contributed by atoms with Gasteiger partial charge in [0.05, 0.1) is 4.92 Å². The largest absolute Gasteiger partial charge is 0.396 e. The van der Waals surface area contributed by atoms with Crippen molar-refractivity contribution in [3.05, 3.63) is 33.9 Å². The van der Waals surface area contributed by atoms with Gasteiger partial charge in [-0.1, -0.05) is 13.8 Å². The van der Waals surface area contributed by atoms with Crippen LogP contribution in [-0.4, -0.2) is 23.2 Å². The van der Waals surface area contributed by atoms with Gasteiger partial charge in [-0.15, -0.1) is 0 Å². The van der Waals surface area contributed by atoms with Crippen LogP contribution in [-0.2, 0) is 0 Å². The van der Waals surface area contributed by atoms with E-state index in [0.717, 1.165) is 25.1 Å². The van der Waals surface area contributed by atoms with Gasteiger partial charge in [0, 0.05) is 30.5 Å². The Kier molecular flexibility index (Phi) is 5.30. The maximum atomic E-state index is 10.7. The molecule has 0 aliphatic rings. The van der Waals surface area contributed by atoms with Crippen LogP contribution in [0.15, 0.2) is 18.2 Å². The van der Waals surface area contributed by atoms with Crippen molar-refractivity contribution in [3.63, 3.8) is 0 Å². The van der Waals surface area contributed by atoms with E-state index < -0.39 is 0 Å². The van der Waals surface area contributed by atoms with Crippen LogP contribution in [0.3, 0.4) is 0 Å². The van der Waals surface area contributed by atoms with Crippen molar-refractivity contribution < 1.29 is 10.0 Å². The molecule has 0 fully saturated rings. The fraction of sp³-hybridized carbons (Fsp3) is 0.571. The Bertz CT molecular complexity index is 444. The first-order chi connectivity index (χ1) is 8.85. The van der Waals surface area contributed by atoms with Crippen molar-refractivity contribution in [2.24, 2.45) is 5.41 Å². The summed E-state index contributed by atoms with van der Waals surface area (Å²) in [6.07, 6.45) is 1.72. The number of hydrogen-bond donors (Lipinski definition) is 2. The standard InChI is InChI=1S/C14H22N2O3/c1-11-9-12(5-6-13(11)16(18)19)15-10-14(2,3)7-4-8-17/h5-6,9,15,17H,4,7-8,10H2,1-3H3. The quantitative estimate of drug-likeness (QED) is 0.587. The summed E-state index contributed by atoms with van der Waals surface area (Å²) < 4.78 is 0. The van der Waals surface area contributed by atoms with Crippen molar-refractivity contribution in [1.29, 1.82) is 0 Å². The first-order valence-corrected chi connectivity index (χ1v) is 6.45. The highest BCUT2D eigenvalue weighted by molar-refractivity contribution is 5.53. The monoisotopic (exact) mass is 266 g/mol. The Morgan fingerprint density at radius 1 is 1.42 bits per heavy atom. The molecular weight excluding hydrogens is 244 g/mol. The molecule has 0 heterocycles. The van der Waals surface area contributed by atoms with E-state index >= 15 is 0 Å². The minimum atomic E-state index is -0.371. The van der Waals surface area contributed by atoms with E-state index in [1.54, 1.807) is 19.1 Å². The molecule has 1 aromatic rings. The Balaban J connectivity index is 2.63. The SMILES string of the molecule is Cc1cc(NCC(C)(C)CCCO)ccc1[N+](=O)[O-]. The van der Waals surface area contributed by atoms with E-state index in [1.165, 1.54) is 6.07 Å². The lowest BCUT2D eigenvalue weighted by atomic mass is 9.88. The number of aryl methyl sites for hydroxylation is 1. The van der Waals surface area contributed by atoms with Gasteiger partial charge in [0.25, 0.3) is 5.69 Å². The second kappa shape index (κ2) is 6.52. The molecule has 0 radical (unpaired) electrons. The highest BCUT2D eigenvalue weighted by atomic mass is 16.6. The normalized spacial score (nSPS) is 11.4. The first kappa shape index (κ1) is 15.4. The molecule has 0 bridgehead atoms. The van der Waals surface area contributed by atoms with E-state index in [1.807, 2.05) is 0 Å². The summed E-state index contributed by atoms with van der Waals surface area (Å²) in [7, 11) is 0. The molecule has 19 heavy (non-hydrogen) atoms. The molecule has 0 spiro atoms. The van der Waals surface area contributed by atoms with Gasteiger partial charge >= 0.3 is 0 Å². The van der Waals surface area contributed by atoms with Crippen LogP contribution in [0.1, 0.15) is 32.3 Å². The van der Waals surface area contributed by atoms with Crippen molar-refractivity contribution in [2.75, 3.05) is 18.5 Å². The van der Waals surface area contributed by atoms with Gasteiger partial charge in [0.15, 0.2) is 0 Å². The lowest BCUT2D eigenvalue weighted by molar-refractivity contribution is -0.385. The molecule has 5 heteroatoms. The average Bonchev–Trinajstić information content (AvgIpc) is 2.34. The number of benzene rings is 1. The van der Waals surface area contributed by atoms with Gasteiger partial charge in [0.2, 0.25) is 0 Å². The van der Waals surface area contributed by atoms with Crippen molar-refractivity contribution in [2.45, 2.75) is 33.6 Å². The summed E-state index contributed by atoms with van der Waals surface area (Å²) in [5, 5.41) is 22.9. The molecule has 106 valence electrons. The molecule has 0 aliphatic carbocycles. The number of hydrogen-bond acceptors (Lipinski definition) is 4. The van der Waals surface area contributed by atoms with Gasteiger partial charge in [0.1, 0.15) is 0 Å². The zero-order chi connectivity index (χ0) is 14.5. The topological polar surface area (TPSA) is 75.4 Å². The van der Waals surface area contributed by atoms with Gasteiger partial charge in [-0.25, -0.2) is 0 Å². The minimum absolute atomic E-state index is 0.0818. The number of nitrogens with zero attached hydrogens (tertiary/aromatic N) is 1. The van der Waals surface area contributed by atoms with Crippen molar-refractivity contribution in [3.8, 4) is 0 Å². The van der Waals surface area contributed by atoms with Crippen LogP contribution in [0.4, 0.5) is 11.4 Å². The van der Waals surface area contributed by atoms with Crippen LogP contribution < -0.4 is 5.32 Å². The third kappa shape index (κ3) is 4.87. The zero-order valence-corrected chi connectivity index (χ0v) is 11.8. The van der Waals surface area contributed by atoms with Gasteiger partial charge < -0.3 is 10.4 Å². The molecule has 0 aromatic heterocycles. The number of aliphatic hydroxyl groups is 1.